The summed E-state index contributed by atoms with van der Waals surface area (Å²) < 4.78 is 40.8. The number of fused-ring (bicyclic) bond motifs is 1. The maximum absolute atomic E-state index is 13.2. The molecule has 1 saturated heterocycles. The number of nitrogens with zero attached hydrogens (tertiary/aromatic N) is 4. The Kier molecular flexibility index (Phi) is 5.46. The van der Waals surface area contributed by atoms with Gasteiger partial charge in [0.1, 0.15) is 23.5 Å². The number of benzene rings is 2. The molecule has 0 N–H and O–H groups in total. The molecule has 0 spiro atoms. The van der Waals surface area contributed by atoms with Crippen LogP contribution in [0, 0.1) is 11.7 Å². The Balaban J connectivity index is 1.60. The summed E-state index contributed by atoms with van der Waals surface area (Å²) in [5, 5.41) is 8.16. The van der Waals surface area contributed by atoms with Crippen LogP contribution in [0.4, 0.5) is 4.39 Å². The van der Waals surface area contributed by atoms with Crippen molar-refractivity contribution >= 4 is 32.7 Å². The van der Waals surface area contributed by atoms with E-state index in [1.54, 1.807) is 6.07 Å². The highest BCUT2D eigenvalue weighted by Gasteiger charge is 2.29. The Bertz CT molecular complexity index is 1150. The van der Waals surface area contributed by atoms with E-state index in [9.17, 15) is 12.8 Å². The van der Waals surface area contributed by atoms with E-state index >= 15 is 0 Å². The van der Waals surface area contributed by atoms with E-state index in [4.69, 9.17) is 16.4 Å². The quantitative estimate of drug-likeness (QED) is 0.611. The van der Waals surface area contributed by atoms with Crippen LogP contribution in [0.1, 0.15) is 25.3 Å². The molecule has 1 aliphatic heterocycles. The van der Waals surface area contributed by atoms with Crippen LogP contribution in [-0.4, -0.2) is 41.0 Å². The molecule has 1 atom stereocenters. The first kappa shape index (κ1) is 20.1. The van der Waals surface area contributed by atoms with Gasteiger partial charge in [0, 0.05) is 18.7 Å². The van der Waals surface area contributed by atoms with E-state index in [1.807, 2.05) is 0 Å². The standard InChI is InChI=1S/C19H20ClFN4O3S/c1-13-3-2-8-24(11-13)29(26,27)16-6-7-18-19(10-16)25(23-22-18)28-12-14-4-5-15(21)9-17(14)20/h4-7,9-10,13H,2-3,8,11-12H2,1H3. The predicted octanol–water partition coefficient (Wildman–Crippen LogP) is 3.27. The molecule has 2 aromatic carbocycles. The number of halogens is 2. The Hall–Kier alpha value is -2.23. The van der Waals surface area contributed by atoms with Gasteiger partial charge in [0.25, 0.3) is 0 Å². The van der Waals surface area contributed by atoms with Crippen molar-refractivity contribution in [3.8, 4) is 0 Å². The number of hydrogen-bond donors (Lipinski definition) is 0. The van der Waals surface area contributed by atoms with Crippen LogP contribution in [0.15, 0.2) is 41.3 Å². The molecule has 2 heterocycles. The zero-order valence-corrected chi connectivity index (χ0v) is 17.3. The fourth-order valence-corrected chi connectivity index (χ4v) is 5.26. The highest BCUT2D eigenvalue weighted by molar-refractivity contribution is 7.89. The van der Waals surface area contributed by atoms with Gasteiger partial charge in [-0.05, 0) is 54.3 Å². The lowest BCUT2D eigenvalue weighted by molar-refractivity contribution is 0.0751. The van der Waals surface area contributed by atoms with Gasteiger partial charge in [0.2, 0.25) is 10.0 Å². The first-order valence-corrected chi connectivity index (χ1v) is 11.1. The third kappa shape index (κ3) is 4.08. The molecule has 0 radical (unpaired) electrons. The van der Waals surface area contributed by atoms with Gasteiger partial charge in [-0.1, -0.05) is 29.4 Å². The normalized spacial score (nSPS) is 18.2. The Morgan fingerprint density at radius 1 is 1.28 bits per heavy atom. The van der Waals surface area contributed by atoms with E-state index in [1.165, 1.54) is 34.6 Å². The SMILES string of the molecule is CC1CCCN(S(=O)(=O)c2ccc3nnn(OCc4ccc(F)cc4Cl)c3c2)C1. The molecule has 0 amide bonds. The smallest absolute Gasteiger partial charge is 0.243 e. The summed E-state index contributed by atoms with van der Waals surface area (Å²) in [6, 6.07) is 8.65. The summed E-state index contributed by atoms with van der Waals surface area (Å²) in [7, 11) is -3.61. The molecule has 154 valence electrons. The fourth-order valence-electron chi connectivity index (χ4n) is 3.42. The lowest BCUT2D eigenvalue weighted by Crippen LogP contribution is -2.39. The first-order valence-electron chi connectivity index (χ1n) is 9.27. The number of hydrogen-bond acceptors (Lipinski definition) is 5. The molecule has 0 bridgehead atoms. The molecule has 1 unspecified atom stereocenters. The second-order valence-electron chi connectivity index (χ2n) is 7.23. The average Bonchev–Trinajstić information content (AvgIpc) is 3.09. The Morgan fingerprint density at radius 3 is 2.86 bits per heavy atom. The van der Waals surface area contributed by atoms with E-state index in [-0.39, 0.29) is 16.5 Å². The minimum atomic E-state index is -3.61. The van der Waals surface area contributed by atoms with Gasteiger partial charge < -0.3 is 4.84 Å². The van der Waals surface area contributed by atoms with E-state index < -0.39 is 15.8 Å². The molecule has 3 aromatic rings. The minimum Gasteiger partial charge on any atom is -0.390 e. The van der Waals surface area contributed by atoms with Crippen LogP contribution in [0.5, 0.6) is 0 Å². The lowest BCUT2D eigenvalue weighted by Gasteiger charge is -2.30. The molecule has 29 heavy (non-hydrogen) atoms. The Morgan fingerprint density at radius 2 is 2.10 bits per heavy atom. The van der Waals surface area contributed by atoms with Gasteiger partial charge in [-0.15, -0.1) is 5.10 Å². The molecule has 0 aliphatic carbocycles. The topological polar surface area (TPSA) is 77.3 Å². The second-order valence-corrected chi connectivity index (χ2v) is 9.58. The summed E-state index contributed by atoms with van der Waals surface area (Å²) in [4.78, 5) is 6.96. The molecule has 10 heteroatoms. The van der Waals surface area contributed by atoms with Crippen molar-refractivity contribution in [2.75, 3.05) is 13.1 Å². The van der Waals surface area contributed by atoms with Crippen LogP contribution < -0.4 is 4.84 Å². The number of rotatable bonds is 5. The van der Waals surface area contributed by atoms with Crippen LogP contribution in [0.25, 0.3) is 11.0 Å². The molecule has 7 nitrogen and oxygen atoms in total. The largest absolute Gasteiger partial charge is 0.390 e. The predicted molar refractivity (Wildman–Crippen MR) is 106 cm³/mol. The fraction of sp³-hybridized carbons (Fsp3) is 0.368. The van der Waals surface area contributed by atoms with Crippen molar-refractivity contribution < 1.29 is 17.6 Å². The van der Waals surface area contributed by atoms with E-state index in [0.29, 0.717) is 35.6 Å². The summed E-state index contributed by atoms with van der Waals surface area (Å²) in [5.74, 6) is -0.106. The van der Waals surface area contributed by atoms with Crippen LogP contribution in [0.3, 0.4) is 0 Å². The highest BCUT2D eigenvalue weighted by Crippen LogP contribution is 2.25. The zero-order valence-electron chi connectivity index (χ0n) is 15.8. The molecule has 1 fully saturated rings. The third-order valence-corrected chi connectivity index (χ3v) is 7.21. The highest BCUT2D eigenvalue weighted by atomic mass is 35.5. The van der Waals surface area contributed by atoms with E-state index in [0.717, 1.165) is 17.7 Å². The summed E-state index contributed by atoms with van der Waals surface area (Å²) in [6.07, 6.45) is 1.88. The zero-order chi connectivity index (χ0) is 20.6. The third-order valence-electron chi connectivity index (χ3n) is 5.00. The van der Waals surface area contributed by atoms with Crippen molar-refractivity contribution in [2.24, 2.45) is 5.92 Å². The number of aromatic nitrogens is 3. The molecular formula is C19H20ClFN4O3S. The Labute approximate surface area is 173 Å². The maximum atomic E-state index is 13.2. The first-order chi connectivity index (χ1) is 13.8. The molecule has 1 aromatic heterocycles. The van der Waals surface area contributed by atoms with Crippen molar-refractivity contribution in [2.45, 2.75) is 31.3 Å². The van der Waals surface area contributed by atoms with Crippen molar-refractivity contribution in [1.29, 1.82) is 0 Å². The summed E-state index contributed by atoms with van der Waals surface area (Å²) in [6.45, 7) is 3.11. The van der Waals surface area contributed by atoms with Gasteiger partial charge in [0.05, 0.1) is 9.92 Å². The van der Waals surface area contributed by atoms with Gasteiger partial charge >= 0.3 is 0 Å². The molecule has 0 saturated carbocycles. The molecule has 4 rings (SSSR count). The van der Waals surface area contributed by atoms with Gasteiger partial charge in [-0.3, -0.25) is 0 Å². The second kappa shape index (κ2) is 7.89. The van der Waals surface area contributed by atoms with Crippen LogP contribution in [-0.2, 0) is 16.6 Å². The lowest BCUT2D eigenvalue weighted by atomic mass is 10.0. The van der Waals surface area contributed by atoms with Crippen LogP contribution in [0.2, 0.25) is 5.02 Å². The maximum Gasteiger partial charge on any atom is 0.243 e. The number of sulfonamides is 1. The summed E-state index contributed by atoms with van der Waals surface area (Å²) in [5.41, 5.74) is 1.50. The van der Waals surface area contributed by atoms with Crippen molar-refractivity contribution in [1.82, 2.24) is 19.5 Å². The minimum absolute atomic E-state index is 0.0260. The van der Waals surface area contributed by atoms with E-state index in [2.05, 4.69) is 17.2 Å². The van der Waals surface area contributed by atoms with Crippen molar-refractivity contribution in [3.63, 3.8) is 0 Å². The molecule has 1 aliphatic rings. The number of piperidine rings is 1. The van der Waals surface area contributed by atoms with Crippen LogP contribution >= 0.6 is 11.6 Å². The van der Waals surface area contributed by atoms with Gasteiger partial charge in [0.15, 0.2) is 0 Å². The monoisotopic (exact) mass is 438 g/mol. The van der Waals surface area contributed by atoms with Gasteiger partial charge in [-0.2, -0.15) is 4.31 Å². The van der Waals surface area contributed by atoms with Crippen molar-refractivity contribution in [3.05, 3.63) is 52.8 Å². The van der Waals surface area contributed by atoms with Gasteiger partial charge in [-0.25, -0.2) is 12.8 Å². The molecular weight excluding hydrogens is 419 g/mol. The average molecular weight is 439 g/mol. The summed E-state index contributed by atoms with van der Waals surface area (Å²) >= 11 is 6.02.